The topological polar surface area (TPSA) is 55.4 Å². The molecule has 2 aliphatic heterocycles. The molecule has 0 radical (unpaired) electrons. The minimum atomic E-state index is -2.81. The van der Waals surface area contributed by atoms with Crippen LogP contribution in [0.5, 0.6) is 0 Å². The zero-order chi connectivity index (χ0) is 9.31. The van der Waals surface area contributed by atoms with Crippen molar-refractivity contribution in [3.63, 3.8) is 0 Å². The molecule has 2 unspecified atom stereocenters. The maximum atomic E-state index is 11.3. The molecule has 2 rings (SSSR count). The number of hydrogen-bond acceptors (Lipinski definition) is 4. The highest BCUT2D eigenvalue weighted by Crippen LogP contribution is 2.18. The molecule has 4 nitrogen and oxygen atoms in total. The van der Waals surface area contributed by atoms with Crippen LogP contribution in [0.2, 0.25) is 0 Å². The van der Waals surface area contributed by atoms with E-state index in [9.17, 15) is 8.42 Å². The third-order valence-electron chi connectivity index (χ3n) is 2.66. The number of rotatable bonds is 0. The van der Waals surface area contributed by atoms with Gasteiger partial charge in [0.1, 0.15) is 0 Å². The Hall–Kier alpha value is -0.130. The molecule has 13 heavy (non-hydrogen) atoms. The van der Waals surface area contributed by atoms with Gasteiger partial charge in [0, 0.05) is 12.6 Å². The van der Waals surface area contributed by atoms with Crippen LogP contribution in [0.3, 0.4) is 0 Å². The fraction of sp³-hybridized carbons (Fsp3) is 1.00. The monoisotopic (exact) mass is 205 g/mol. The van der Waals surface area contributed by atoms with Crippen molar-refractivity contribution in [1.29, 1.82) is 0 Å². The van der Waals surface area contributed by atoms with E-state index in [-0.39, 0.29) is 23.7 Å². The van der Waals surface area contributed by atoms with Crippen LogP contribution >= 0.6 is 0 Å². The maximum absolute atomic E-state index is 11.3. The summed E-state index contributed by atoms with van der Waals surface area (Å²) in [5.41, 5.74) is 0. The fourth-order valence-electron chi connectivity index (χ4n) is 1.95. The summed E-state index contributed by atoms with van der Waals surface area (Å²) in [4.78, 5) is 0. The molecule has 2 saturated heterocycles. The average Bonchev–Trinajstić information content (AvgIpc) is 2.27. The molecule has 2 aliphatic rings. The SMILES string of the molecule is O=S1(=O)CCC2OCCCNC2C1. The van der Waals surface area contributed by atoms with Crippen molar-refractivity contribution < 1.29 is 13.2 Å². The van der Waals surface area contributed by atoms with Gasteiger partial charge in [0.25, 0.3) is 0 Å². The molecular formula is C8H15NO3S. The molecule has 0 saturated carbocycles. The molecule has 0 aliphatic carbocycles. The molecule has 2 atom stereocenters. The molecular weight excluding hydrogens is 190 g/mol. The van der Waals surface area contributed by atoms with Crippen molar-refractivity contribution in [2.75, 3.05) is 24.7 Å². The van der Waals surface area contributed by atoms with Gasteiger partial charge in [0.2, 0.25) is 0 Å². The van der Waals surface area contributed by atoms with Gasteiger partial charge < -0.3 is 10.1 Å². The Morgan fingerprint density at radius 3 is 3.08 bits per heavy atom. The molecule has 2 heterocycles. The molecule has 0 spiro atoms. The highest BCUT2D eigenvalue weighted by atomic mass is 32.2. The van der Waals surface area contributed by atoms with Gasteiger partial charge >= 0.3 is 0 Å². The van der Waals surface area contributed by atoms with E-state index < -0.39 is 9.84 Å². The quantitative estimate of drug-likeness (QED) is 0.582. The minimum absolute atomic E-state index is 0.0289. The molecule has 0 aromatic heterocycles. The van der Waals surface area contributed by atoms with E-state index in [0.717, 1.165) is 19.6 Å². The number of ether oxygens (including phenoxy) is 1. The standard InChI is InChI=1S/C8H15NO3S/c10-13(11)5-2-8-7(6-13)9-3-1-4-12-8/h7-9H,1-6H2. The van der Waals surface area contributed by atoms with E-state index >= 15 is 0 Å². The summed E-state index contributed by atoms with van der Waals surface area (Å²) in [6, 6.07) is 0.0289. The number of sulfone groups is 1. The van der Waals surface area contributed by atoms with Gasteiger partial charge in [-0.3, -0.25) is 0 Å². The van der Waals surface area contributed by atoms with Crippen molar-refractivity contribution in [2.24, 2.45) is 0 Å². The molecule has 5 heteroatoms. The zero-order valence-electron chi connectivity index (χ0n) is 7.53. The highest BCUT2D eigenvalue weighted by molar-refractivity contribution is 7.91. The smallest absolute Gasteiger partial charge is 0.152 e. The summed E-state index contributed by atoms with van der Waals surface area (Å²) in [6.45, 7) is 1.63. The third kappa shape index (κ3) is 2.21. The van der Waals surface area contributed by atoms with E-state index in [1.165, 1.54) is 0 Å². The first kappa shape index (κ1) is 9.43. The van der Waals surface area contributed by atoms with Crippen molar-refractivity contribution in [1.82, 2.24) is 5.32 Å². The maximum Gasteiger partial charge on any atom is 0.152 e. The van der Waals surface area contributed by atoms with E-state index in [1.54, 1.807) is 0 Å². The molecule has 2 fully saturated rings. The van der Waals surface area contributed by atoms with Crippen molar-refractivity contribution in [3.8, 4) is 0 Å². The molecule has 1 N–H and O–H groups in total. The third-order valence-corrected chi connectivity index (χ3v) is 4.38. The molecule has 0 aromatic carbocycles. The van der Waals surface area contributed by atoms with Gasteiger partial charge in [-0.25, -0.2) is 8.42 Å². The Labute approximate surface area is 78.6 Å². The van der Waals surface area contributed by atoms with E-state index in [0.29, 0.717) is 6.42 Å². The van der Waals surface area contributed by atoms with Crippen LogP contribution in [0.25, 0.3) is 0 Å². The largest absolute Gasteiger partial charge is 0.376 e. The number of hydrogen-bond donors (Lipinski definition) is 1. The lowest BCUT2D eigenvalue weighted by atomic mass is 10.1. The van der Waals surface area contributed by atoms with E-state index in [1.807, 2.05) is 0 Å². The van der Waals surface area contributed by atoms with Crippen molar-refractivity contribution in [3.05, 3.63) is 0 Å². The summed E-state index contributed by atoms with van der Waals surface area (Å²) < 4.78 is 28.2. The van der Waals surface area contributed by atoms with Crippen LogP contribution in [0, 0.1) is 0 Å². The predicted molar refractivity (Wildman–Crippen MR) is 49.4 cm³/mol. The van der Waals surface area contributed by atoms with Crippen molar-refractivity contribution in [2.45, 2.75) is 25.0 Å². The van der Waals surface area contributed by atoms with Crippen LogP contribution in [0.15, 0.2) is 0 Å². The highest BCUT2D eigenvalue weighted by Gasteiger charge is 2.34. The lowest BCUT2D eigenvalue weighted by molar-refractivity contribution is 0.0430. The summed E-state index contributed by atoms with van der Waals surface area (Å²) in [6.07, 6.45) is 1.75. The number of nitrogens with one attached hydrogen (secondary N) is 1. The summed E-state index contributed by atoms with van der Waals surface area (Å²) >= 11 is 0. The first-order valence-corrected chi connectivity index (χ1v) is 6.55. The van der Waals surface area contributed by atoms with Crippen LogP contribution in [-0.4, -0.2) is 45.2 Å². The van der Waals surface area contributed by atoms with Gasteiger partial charge in [-0.1, -0.05) is 0 Å². The predicted octanol–water partition coefficient (Wildman–Crippen LogP) is -0.448. The molecule has 76 valence electrons. The average molecular weight is 205 g/mol. The summed E-state index contributed by atoms with van der Waals surface area (Å²) in [5.74, 6) is 0.535. The Bertz CT molecular complexity index is 275. The normalized spacial score (nSPS) is 39.1. The van der Waals surface area contributed by atoms with Crippen LogP contribution in [-0.2, 0) is 14.6 Å². The lowest BCUT2D eigenvalue weighted by Gasteiger charge is -2.29. The lowest BCUT2D eigenvalue weighted by Crippen LogP contribution is -2.49. The first-order valence-electron chi connectivity index (χ1n) is 4.73. The Morgan fingerprint density at radius 1 is 1.38 bits per heavy atom. The van der Waals surface area contributed by atoms with Gasteiger partial charge in [-0.2, -0.15) is 0 Å². The van der Waals surface area contributed by atoms with Gasteiger partial charge in [-0.05, 0) is 19.4 Å². The fourth-order valence-corrected chi connectivity index (χ4v) is 3.58. The van der Waals surface area contributed by atoms with E-state index in [2.05, 4.69) is 5.32 Å². The second-order valence-electron chi connectivity index (χ2n) is 3.73. The molecule has 0 aromatic rings. The minimum Gasteiger partial charge on any atom is -0.376 e. The van der Waals surface area contributed by atoms with Crippen molar-refractivity contribution >= 4 is 9.84 Å². The second kappa shape index (κ2) is 3.55. The molecule has 0 bridgehead atoms. The summed E-state index contributed by atoms with van der Waals surface area (Å²) in [7, 11) is -2.81. The second-order valence-corrected chi connectivity index (χ2v) is 5.96. The zero-order valence-corrected chi connectivity index (χ0v) is 8.35. The van der Waals surface area contributed by atoms with Crippen LogP contribution < -0.4 is 5.32 Å². The van der Waals surface area contributed by atoms with Gasteiger partial charge in [0.15, 0.2) is 9.84 Å². The van der Waals surface area contributed by atoms with Gasteiger partial charge in [-0.15, -0.1) is 0 Å². The number of fused-ring (bicyclic) bond motifs is 1. The summed E-state index contributed by atoms with van der Waals surface area (Å²) in [5, 5.41) is 3.23. The Kier molecular flexibility index (Phi) is 2.58. The van der Waals surface area contributed by atoms with Gasteiger partial charge in [0.05, 0.1) is 17.6 Å². The van der Waals surface area contributed by atoms with Crippen LogP contribution in [0.1, 0.15) is 12.8 Å². The Balaban J connectivity index is 2.08. The first-order chi connectivity index (χ1) is 6.17. The Morgan fingerprint density at radius 2 is 2.23 bits per heavy atom. The van der Waals surface area contributed by atoms with Crippen LogP contribution in [0.4, 0.5) is 0 Å². The molecule has 0 amide bonds. The van der Waals surface area contributed by atoms with E-state index in [4.69, 9.17) is 4.74 Å².